The summed E-state index contributed by atoms with van der Waals surface area (Å²) in [7, 11) is 5.93. The van der Waals surface area contributed by atoms with Crippen molar-refractivity contribution in [3.8, 4) is 51.0 Å². The monoisotopic (exact) mass is 1070 g/mol. The number of anilines is 2. The minimum atomic E-state index is 0. The maximum Gasteiger partial charge on any atom is 0.188 e. The molecule has 2 fully saturated rings. The largest absolute Gasteiger partial charge is 0.508 e. The zero-order valence-corrected chi connectivity index (χ0v) is 44.4. The number of aliphatic hydroxyl groups is 1. The van der Waals surface area contributed by atoms with Crippen LogP contribution in [0.1, 0.15) is 0 Å². The summed E-state index contributed by atoms with van der Waals surface area (Å²) in [6.07, 6.45) is 0. The van der Waals surface area contributed by atoms with Crippen LogP contribution in [0.3, 0.4) is 0 Å². The first-order chi connectivity index (χ1) is 33.7. The molecule has 0 bridgehead atoms. The Kier molecular flexibility index (Phi) is 19.1. The van der Waals surface area contributed by atoms with Gasteiger partial charge in [0, 0.05) is 76.2 Å². The number of aliphatic hydroxyl groups excluding tert-OH is 1. The van der Waals surface area contributed by atoms with Crippen molar-refractivity contribution in [3.05, 3.63) is 130 Å². The molecule has 2 saturated heterocycles. The zero-order chi connectivity index (χ0) is 47.7. The molecule has 12 nitrogen and oxygen atoms in total. The maximum absolute atomic E-state index is 9.49. The van der Waals surface area contributed by atoms with Gasteiger partial charge in [-0.2, -0.15) is 0 Å². The zero-order valence-electron chi connectivity index (χ0n) is 39.6. The first-order valence-electron chi connectivity index (χ1n) is 22.8. The lowest BCUT2D eigenvalue weighted by Crippen LogP contribution is -2.44. The second kappa shape index (κ2) is 25.4. The van der Waals surface area contributed by atoms with Crippen LogP contribution in [0.25, 0.3) is 64.0 Å². The number of aromatic hydroxyl groups is 1. The predicted octanol–water partition coefficient (Wildman–Crippen LogP) is 11.9. The number of aromatic nitrogens is 3. The van der Waals surface area contributed by atoms with Crippen LogP contribution in [0.4, 0.5) is 11.6 Å². The lowest BCUT2D eigenvalue weighted by molar-refractivity contribution is 0.0511. The second-order valence-corrected chi connectivity index (χ2v) is 19.9. The summed E-state index contributed by atoms with van der Waals surface area (Å²) >= 11 is 11.3. The van der Waals surface area contributed by atoms with E-state index in [4.69, 9.17) is 40.9 Å². The molecule has 2 aliphatic heterocycles. The molecule has 0 saturated carbocycles. The molecule has 71 heavy (non-hydrogen) atoms. The fourth-order valence-corrected chi connectivity index (χ4v) is 11.0. The van der Waals surface area contributed by atoms with Gasteiger partial charge in [0.2, 0.25) is 0 Å². The highest BCUT2D eigenvalue weighted by molar-refractivity contribution is 7.18. The van der Waals surface area contributed by atoms with Crippen LogP contribution in [0.2, 0.25) is 5.15 Å². The Morgan fingerprint density at radius 1 is 0.535 bits per heavy atom. The standard InChI is InChI=1S/C20H23N3O2S.C18H19N3OS.C15H12ClNO2S.2ClH/c1-22-7-9-23(10-8-22)20-19-16(6-13-26-19)14-18(21-20)15-2-4-17(5-3-15)25-12-11-24;1-20-7-9-21(10-8-20)18-17-14(6-11-23-17)12-16(19-18)13-2-4-15(22)5-3-13;1-18-9-19-12-4-2-10(3-5-12)13-8-11-6-7-20-14(11)15(16)17-13;;/h2-6,13-14,24H,7-12H2,1H3;2-6,11-12,22H,7-10H2,1H3;2-8H,9H2,1H3;2*1H. The van der Waals surface area contributed by atoms with E-state index in [0.717, 1.165) is 119 Å². The summed E-state index contributed by atoms with van der Waals surface area (Å²) in [5.74, 6) is 4.00. The van der Waals surface area contributed by atoms with Crippen molar-refractivity contribution >= 4 is 112 Å². The number of hydrogen-bond donors (Lipinski definition) is 2. The van der Waals surface area contributed by atoms with Gasteiger partial charge in [-0.05, 0) is 156 Å². The summed E-state index contributed by atoms with van der Waals surface area (Å²) in [6.45, 7) is 8.87. The minimum Gasteiger partial charge on any atom is -0.508 e. The third-order valence-electron chi connectivity index (χ3n) is 12.0. The van der Waals surface area contributed by atoms with Gasteiger partial charge in [-0.25, -0.2) is 15.0 Å². The van der Waals surface area contributed by atoms with Crippen LogP contribution < -0.4 is 19.3 Å². The van der Waals surface area contributed by atoms with Gasteiger partial charge in [0.1, 0.15) is 40.6 Å². The molecule has 0 atom stereocenters. The number of fused-ring (bicyclic) bond motifs is 3. The first kappa shape index (κ1) is 53.5. The molecule has 2 N–H and O–H groups in total. The Morgan fingerprint density at radius 3 is 1.37 bits per heavy atom. The van der Waals surface area contributed by atoms with Gasteiger partial charge in [-0.15, -0.1) is 58.8 Å². The van der Waals surface area contributed by atoms with Crippen molar-refractivity contribution < 1.29 is 24.4 Å². The average Bonchev–Trinajstić information content (AvgIpc) is 4.19. The van der Waals surface area contributed by atoms with Crippen molar-refractivity contribution in [1.82, 2.24) is 24.8 Å². The van der Waals surface area contributed by atoms with Gasteiger partial charge >= 0.3 is 0 Å². The van der Waals surface area contributed by atoms with Crippen LogP contribution in [0.5, 0.6) is 17.2 Å². The Balaban J connectivity index is 0.000000156. The molecule has 0 spiro atoms. The molecule has 6 aromatic heterocycles. The number of piperazine rings is 2. The molecule has 3 aromatic carbocycles. The van der Waals surface area contributed by atoms with E-state index in [2.05, 4.69) is 73.7 Å². The van der Waals surface area contributed by atoms with Crippen molar-refractivity contribution in [2.75, 3.05) is 103 Å². The number of nitrogens with zero attached hydrogens (tertiary/aromatic N) is 7. The van der Waals surface area contributed by atoms with Crippen molar-refractivity contribution in [2.45, 2.75) is 0 Å². The van der Waals surface area contributed by atoms with Gasteiger partial charge in [-0.1, -0.05) is 11.6 Å². The number of methoxy groups -OCH3 is 1. The number of phenolic OH excluding ortho intramolecular Hbond substituents is 1. The highest BCUT2D eigenvalue weighted by Crippen LogP contribution is 2.37. The first-order valence-corrected chi connectivity index (χ1v) is 25.8. The van der Waals surface area contributed by atoms with E-state index >= 15 is 0 Å². The number of ether oxygens (including phenoxy) is 3. The Labute approximate surface area is 443 Å². The maximum atomic E-state index is 9.49. The number of halogens is 3. The van der Waals surface area contributed by atoms with Gasteiger partial charge < -0.3 is 44.0 Å². The van der Waals surface area contributed by atoms with Crippen LogP contribution in [-0.2, 0) is 4.74 Å². The third kappa shape index (κ3) is 13.2. The molecule has 0 unspecified atom stereocenters. The number of pyridine rings is 3. The van der Waals surface area contributed by atoms with Crippen molar-refractivity contribution in [1.29, 1.82) is 0 Å². The predicted molar refractivity (Wildman–Crippen MR) is 301 cm³/mol. The molecule has 8 heterocycles. The molecule has 18 heteroatoms. The molecule has 0 aliphatic carbocycles. The minimum absolute atomic E-state index is 0. The molecule has 0 amide bonds. The topological polar surface area (TPSA) is 120 Å². The van der Waals surface area contributed by atoms with E-state index in [-0.39, 0.29) is 44.0 Å². The second-order valence-electron chi connectivity index (χ2n) is 16.8. The Morgan fingerprint density at radius 2 is 0.930 bits per heavy atom. The summed E-state index contributed by atoms with van der Waals surface area (Å²) < 4.78 is 19.2. The highest BCUT2D eigenvalue weighted by Gasteiger charge is 2.21. The number of phenols is 1. The van der Waals surface area contributed by atoms with Crippen molar-refractivity contribution in [3.63, 3.8) is 0 Å². The van der Waals surface area contributed by atoms with Gasteiger partial charge in [0.15, 0.2) is 6.79 Å². The van der Waals surface area contributed by atoms with Crippen LogP contribution in [0.15, 0.2) is 125 Å². The summed E-state index contributed by atoms with van der Waals surface area (Å²) in [4.78, 5) is 23.9. The normalized spacial score (nSPS) is 14.0. The SMILES string of the molecule is CN1CCN(c2nc(-c3ccc(O)cc3)cc3ccsc23)CC1.CN1CCN(c2nc(-c3ccc(OCCO)cc3)cc3ccsc23)CC1.COCOc1ccc(-c2cc3ccsc3c(Cl)n2)cc1.Cl.Cl. The summed E-state index contributed by atoms with van der Waals surface area (Å²) in [5, 5.41) is 28.8. The number of thiophene rings is 3. The fourth-order valence-electron chi connectivity index (χ4n) is 8.13. The number of benzene rings is 3. The van der Waals surface area contributed by atoms with Crippen LogP contribution in [0, 0.1) is 0 Å². The average molecular weight is 1070 g/mol. The molecule has 372 valence electrons. The van der Waals surface area contributed by atoms with Gasteiger partial charge in [-0.3, -0.25) is 0 Å². The van der Waals surface area contributed by atoms with Crippen molar-refractivity contribution in [2.24, 2.45) is 0 Å². The lowest BCUT2D eigenvalue weighted by Gasteiger charge is -2.33. The fraction of sp³-hybridized carbons (Fsp3) is 0.264. The highest BCUT2D eigenvalue weighted by atomic mass is 35.5. The van der Waals surface area contributed by atoms with Crippen LogP contribution >= 0.6 is 70.4 Å². The Hall–Kier alpha value is -5.30. The molecule has 2 aliphatic rings. The van der Waals surface area contributed by atoms with E-state index in [0.29, 0.717) is 11.8 Å². The summed E-state index contributed by atoms with van der Waals surface area (Å²) in [6, 6.07) is 35.6. The van der Waals surface area contributed by atoms with Gasteiger partial charge in [0.25, 0.3) is 0 Å². The van der Waals surface area contributed by atoms with E-state index in [1.165, 1.54) is 20.2 Å². The van der Waals surface area contributed by atoms with E-state index in [1.807, 2.05) is 78.2 Å². The number of hydrogen-bond acceptors (Lipinski definition) is 15. The lowest BCUT2D eigenvalue weighted by atomic mass is 10.1. The molecular formula is C53H56Cl3N7O5S3. The number of rotatable bonds is 11. The molecular weight excluding hydrogens is 1020 g/mol. The summed E-state index contributed by atoms with van der Waals surface area (Å²) in [5.41, 5.74) is 5.92. The Bertz CT molecular complexity index is 3090. The van der Waals surface area contributed by atoms with E-state index < -0.39 is 0 Å². The molecule has 11 rings (SSSR count). The third-order valence-corrected chi connectivity index (χ3v) is 15.2. The van der Waals surface area contributed by atoms with Gasteiger partial charge in [0.05, 0.1) is 37.8 Å². The van der Waals surface area contributed by atoms with E-state index in [9.17, 15) is 5.11 Å². The molecule has 9 aromatic rings. The molecule has 0 radical (unpaired) electrons. The van der Waals surface area contributed by atoms with E-state index in [1.54, 1.807) is 53.3 Å². The van der Waals surface area contributed by atoms with Crippen LogP contribution in [-0.4, -0.2) is 129 Å². The smallest absolute Gasteiger partial charge is 0.188 e. The number of likely N-dealkylation sites (N-methyl/N-ethyl adjacent to an activating group) is 2. The quantitative estimate of drug-likeness (QED) is 0.0948.